The molecule has 42 heavy (non-hydrogen) atoms. The first-order chi connectivity index (χ1) is 20.3. The van der Waals surface area contributed by atoms with Gasteiger partial charge in [0, 0.05) is 49.2 Å². The molecule has 0 radical (unpaired) electrons. The summed E-state index contributed by atoms with van der Waals surface area (Å²) >= 11 is 3.63. The van der Waals surface area contributed by atoms with Crippen LogP contribution in [0.5, 0.6) is 17.2 Å². The van der Waals surface area contributed by atoms with E-state index in [2.05, 4.69) is 63.0 Å². The summed E-state index contributed by atoms with van der Waals surface area (Å²) in [6, 6.07) is 8.01. The van der Waals surface area contributed by atoms with Gasteiger partial charge in [-0.15, -0.1) is 8.19 Å². The molecule has 4 heterocycles. The SMILES string of the molecule is COc1cc(N2CCC(=O)CC2)c(C)cc1Nc1ncc(Br)c(Nc2ccc3c(c2-c2[pH]cc(C)c2C)OCCO3)n1. The minimum Gasteiger partial charge on any atom is -0.494 e. The number of methoxy groups -OCH3 is 1. The van der Waals surface area contributed by atoms with Crippen LogP contribution < -0.4 is 29.7 Å². The highest BCUT2D eigenvalue weighted by atomic mass is 79.9. The maximum atomic E-state index is 11.7. The van der Waals surface area contributed by atoms with Gasteiger partial charge >= 0.3 is 0 Å². The number of fused-ring (bicyclic) bond motifs is 1. The molecule has 0 saturated carbocycles. The van der Waals surface area contributed by atoms with E-state index in [1.165, 1.54) is 16.4 Å². The third-order valence-corrected chi connectivity index (χ3v) is 9.85. The second-order valence-electron chi connectivity index (χ2n) is 10.5. The van der Waals surface area contributed by atoms with Crippen molar-refractivity contribution in [2.24, 2.45) is 0 Å². The van der Waals surface area contributed by atoms with Crippen molar-refractivity contribution in [1.82, 2.24) is 9.97 Å². The van der Waals surface area contributed by atoms with Gasteiger partial charge < -0.3 is 29.7 Å². The van der Waals surface area contributed by atoms with Crippen LogP contribution in [0.3, 0.4) is 0 Å². The molecule has 6 rings (SSSR count). The van der Waals surface area contributed by atoms with E-state index in [4.69, 9.17) is 19.2 Å². The number of Topliss-reactive ketones (excluding diaryl/α,β-unsaturated/α-hetero) is 1. The van der Waals surface area contributed by atoms with Gasteiger partial charge in [-0.05, 0) is 77.4 Å². The largest absolute Gasteiger partial charge is 0.494 e. The average Bonchev–Trinajstić information content (AvgIpc) is 3.32. The Morgan fingerprint density at radius 3 is 2.55 bits per heavy atom. The molecule has 1 atom stereocenters. The fourth-order valence-electron chi connectivity index (χ4n) is 5.37. The molecule has 1 saturated heterocycles. The Morgan fingerprint density at radius 1 is 1.02 bits per heavy atom. The van der Waals surface area contributed by atoms with Crippen molar-refractivity contribution in [1.29, 1.82) is 0 Å². The predicted octanol–water partition coefficient (Wildman–Crippen LogP) is 7.30. The molecule has 2 aliphatic heterocycles. The zero-order valence-electron chi connectivity index (χ0n) is 24.1. The number of nitrogens with one attached hydrogen (secondary N) is 2. The predicted molar refractivity (Wildman–Crippen MR) is 172 cm³/mol. The van der Waals surface area contributed by atoms with Gasteiger partial charge in [-0.25, -0.2) is 4.98 Å². The summed E-state index contributed by atoms with van der Waals surface area (Å²) in [5, 5.41) is 8.11. The van der Waals surface area contributed by atoms with Crippen LogP contribution in [-0.2, 0) is 4.79 Å². The Kier molecular flexibility index (Phi) is 8.01. The van der Waals surface area contributed by atoms with E-state index in [1.807, 2.05) is 24.3 Å². The number of ether oxygens (including phenoxy) is 3. The number of aromatic nitrogens is 2. The van der Waals surface area contributed by atoms with Crippen LogP contribution in [0.4, 0.5) is 28.8 Å². The van der Waals surface area contributed by atoms with E-state index in [9.17, 15) is 4.79 Å². The number of benzene rings is 2. The molecule has 2 N–H and O–H groups in total. The number of ketones is 1. The first-order valence-corrected chi connectivity index (χ1v) is 15.8. The summed E-state index contributed by atoms with van der Waals surface area (Å²) in [5.41, 5.74) is 7.32. The lowest BCUT2D eigenvalue weighted by atomic mass is 10.0. The van der Waals surface area contributed by atoms with Crippen LogP contribution in [0.25, 0.3) is 10.9 Å². The molecule has 1 fully saturated rings. The molecule has 9 nitrogen and oxygen atoms in total. The third kappa shape index (κ3) is 5.53. The molecule has 0 spiro atoms. The molecule has 2 aliphatic rings. The van der Waals surface area contributed by atoms with Crippen LogP contribution in [0.2, 0.25) is 0 Å². The number of carbonyl (C=O) groups excluding carboxylic acids is 1. The quantitative estimate of drug-likeness (QED) is 0.214. The summed E-state index contributed by atoms with van der Waals surface area (Å²) in [4.78, 5) is 23.3. The smallest absolute Gasteiger partial charge is 0.229 e. The number of hydrogen-bond acceptors (Lipinski definition) is 9. The number of nitrogens with zero attached hydrogens (tertiary/aromatic N) is 3. The first kappa shape index (κ1) is 28.4. The monoisotopic (exact) mass is 649 g/mol. The third-order valence-electron chi connectivity index (χ3n) is 7.78. The normalized spacial score (nSPS) is 14.8. The molecular weight excluding hydrogens is 617 g/mol. The molecule has 1 unspecified atom stereocenters. The highest BCUT2D eigenvalue weighted by Crippen LogP contribution is 2.50. The van der Waals surface area contributed by atoms with E-state index in [1.54, 1.807) is 13.3 Å². The van der Waals surface area contributed by atoms with E-state index >= 15 is 0 Å². The number of rotatable bonds is 7. The molecule has 2 aromatic carbocycles. The lowest BCUT2D eigenvalue weighted by molar-refractivity contribution is -0.119. The lowest BCUT2D eigenvalue weighted by Gasteiger charge is -2.30. The van der Waals surface area contributed by atoms with E-state index in [0.29, 0.717) is 57.5 Å². The van der Waals surface area contributed by atoms with Crippen molar-refractivity contribution in [3.8, 4) is 28.1 Å². The van der Waals surface area contributed by atoms with Gasteiger partial charge in [0.15, 0.2) is 11.5 Å². The molecule has 11 heteroatoms. The highest BCUT2D eigenvalue weighted by Gasteiger charge is 2.24. The van der Waals surface area contributed by atoms with Gasteiger partial charge in [0.1, 0.15) is 30.6 Å². The van der Waals surface area contributed by atoms with Crippen molar-refractivity contribution in [3.05, 3.63) is 57.4 Å². The maximum Gasteiger partial charge on any atom is 0.229 e. The Balaban J connectivity index is 1.32. The summed E-state index contributed by atoms with van der Waals surface area (Å²) in [6.07, 6.45) is 2.87. The van der Waals surface area contributed by atoms with Gasteiger partial charge in [-0.2, -0.15) is 4.98 Å². The number of piperidine rings is 1. The standard InChI is InChI=1S/C31H33BrN5O4P/c1-17-13-23(26(39-4)14-24(17)37-9-7-20(38)8-10-37)35-31-33-15-21(32)30(36-31)34-22-5-6-25-28(41-12-11-40-25)27(22)29-19(3)18(2)16-42-29/h5-6,13-16,42H,7-12H2,1-4H3,(H2,33,34,35,36). The van der Waals surface area contributed by atoms with Crippen molar-refractivity contribution in [3.63, 3.8) is 0 Å². The van der Waals surface area contributed by atoms with Gasteiger partial charge in [0.2, 0.25) is 5.95 Å². The van der Waals surface area contributed by atoms with E-state index < -0.39 is 0 Å². The lowest BCUT2D eigenvalue weighted by Crippen LogP contribution is -2.34. The molecule has 218 valence electrons. The summed E-state index contributed by atoms with van der Waals surface area (Å²) < 4.78 is 18.5. The average molecular weight is 651 g/mol. The Morgan fingerprint density at radius 2 is 1.81 bits per heavy atom. The van der Waals surface area contributed by atoms with Gasteiger partial charge in [0.25, 0.3) is 0 Å². The Hall–Kier alpha value is -3.75. The Bertz CT molecular complexity index is 1660. The second-order valence-corrected chi connectivity index (χ2v) is 12.4. The van der Waals surface area contributed by atoms with Crippen molar-refractivity contribution in [2.45, 2.75) is 33.6 Å². The minimum absolute atomic E-state index is 0.316. The van der Waals surface area contributed by atoms with Gasteiger partial charge in [0.05, 0.1) is 28.5 Å². The minimum atomic E-state index is 0.316. The molecular formula is C31H33BrN5O4P. The van der Waals surface area contributed by atoms with Crippen LogP contribution in [-0.4, -0.2) is 49.2 Å². The van der Waals surface area contributed by atoms with Crippen molar-refractivity contribution < 1.29 is 19.0 Å². The van der Waals surface area contributed by atoms with Crippen LogP contribution >= 0.6 is 24.1 Å². The fourth-order valence-corrected chi connectivity index (χ4v) is 7.04. The van der Waals surface area contributed by atoms with Crippen LogP contribution in [0, 0.1) is 20.8 Å². The molecule has 0 bridgehead atoms. The highest BCUT2D eigenvalue weighted by molar-refractivity contribution is 9.10. The number of carbonyl (C=O) groups is 1. The maximum absolute atomic E-state index is 11.7. The number of hydrogen-bond donors (Lipinski definition) is 2. The van der Waals surface area contributed by atoms with E-state index in [-0.39, 0.29) is 0 Å². The van der Waals surface area contributed by atoms with Crippen molar-refractivity contribution >= 4 is 58.7 Å². The molecule has 0 aliphatic carbocycles. The summed E-state index contributed by atoms with van der Waals surface area (Å²) in [6.45, 7) is 8.83. The van der Waals surface area contributed by atoms with Gasteiger partial charge in [-0.3, -0.25) is 4.79 Å². The van der Waals surface area contributed by atoms with E-state index in [0.717, 1.165) is 57.3 Å². The van der Waals surface area contributed by atoms with Crippen LogP contribution in [0.1, 0.15) is 29.5 Å². The zero-order chi connectivity index (χ0) is 29.4. The zero-order valence-corrected chi connectivity index (χ0v) is 26.6. The molecule has 4 aromatic rings. The van der Waals surface area contributed by atoms with Crippen LogP contribution in [0.15, 0.2) is 40.7 Å². The summed E-state index contributed by atoms with van der Waals surface area (Å²) in [7, 11) is 2.19. The fraction of sp³-hybridized carbons (Fsp3) is 0.323. The first-order valence-electron chi connectivity index (χ1n) is 13.9. The van der Waals surface area contributed by atoms with Gasteiger partial charge in [-0.1, -0.05) is 0 Å². The molecule has 2 aromatic heterocycles. The number of anilines is 5. The number of halogens is 1. The summed E-state index contributed by atoms with van der Waals surface area (Å²) in [5.74, 6) is 5.81. The number of aryl methyl sites for hydroxylation is 2. The van der Waals surface area contributed by atoms with Crippen molar-refractivity contribution in [2.75, 3.05) is 48.9 Å². The topological polar surface area (TPSA) is 97.8 Å². The second kappa shape index (κ2) is 11.9. The molecule has 0 amide bonds. The Labute approximate surface area is 255 Å².